The fraction of sp³-hybridized carbons (Fsp3) is 0.667. The number of methoxy groups -OCH3 is 2. The molecule has 6 heteroatoms. The smallest absolute Gasteiger partial charge is 0.227 e. The molecule has 1 aromatic rings. The summed E-state index contributed by atoms with van der Waals surface area (Å²) in [7, 11) is 3.23. The summed E-state index contributed by atoms with van der Waals surface area (Å²) in [6.07, 6.45) is 3.07. The van der Waals surface area contributed by atoms with Crippen LogP contribution >= 0.6 is 0 Å². The van der Waals surface area contributed by atoms with E-state index in [1.807, 2.05) is 18.2 Å². The second kappa shape index (κ2) is 8.93. The van der Waals surface area contributed by atoms with Crippen molar-refractivity contribution in [2.24, 2.45) is 0 Å². The first-order valence-electron chi connectivity index (χ1n) is 9.88. The molecule has 3 atom stereocenters. The Morgan fingerprint density at radius 1 is 1.15 bits per heavy atom. The Morgan fingerprint density at radius 2 is 1.85 bits per heavy atom. The Morgan fingerprint density at radius 3 is 2.52 bits per heavy atom. The van der Waals surface area contributed by atoms with Gasteiger partial charge in [-0.2, -0.15) is 0 Å². The number of amides is 1. The molecule has 0 unspecified atom stereocenters. The Kier molecular flexibility index (Phi) is 6.60. The highest BCUT2D eigenvalue weighted by Gasteiger charge is 2.32. The van der Waals surface area contributed by atoms with Gasteiger partial charge in [-0.25, -0.2) is 0 Å². The van der Waals surface area contributed by atoms with Crippen LogP contribution in [0, 0.1) is 0 Å². The van der Waals surface area contributed by atoms with E-state index in [2.05, 4.69) is 23.6 Å². The number of rotatable bonds is 6. The van der Waals surface area contributed by atoms with Crippen molar-refractivity contribution in [1.82, 2.24) is 9.80 Å². The lowest BCUT2D eigenvalue weighted by Crippen LogP contribution is -2.51. The molecule has 0 radical (unpaired) electrons. The molecule has 150 valence electrons. The van der Waals surface area contributed by atoms with Crippen LogP contribution < -0.4 is 9.47 Å². The minimum atomic E-state index is 0.194. The maximum Gasteiger partial charge on any atom is 0.227 e. The summed E-state index contributed by atoms with van der Waals surface area (Å²) in [5.41, 5.74) is 0.955. The number of carbonyl (C=O) groups is 1. The van der Waals surface area contributed by atoms with Gasteiger partial charge in [0.2, 0.25) is 5.91 Å². The molecule has 1 aromatic carbocycles. The second-order valence-electron chi connectivity index (χ2n) is 7.73. The van der Waals surface area contributed by atoms with Gasteiger partial charge in [-0.15, -0.1) is 0 Å². The maximum atomic E-state index is 13.0. The molecule has 2 aliphatic heterocycles. The quantitative estimate of drug-likeness (QED) is 0.763. The molecule has 1 amide bonds. The third kappa shape index (κ3) is 4.93. The van der Waals surface area contributed by atoms with Gasteiger partial charge in [0.25, 0.3) is 0 Å². The van der Waals surface area contributed by atoms with Crippen molar-refractivity contribution in [3.8, 4) is 11.5 Å². The van der Waals surface area contributed by atoms with Crippen molar-refractivity contribution in [2.75, 3.05) is 40.4 Å². The van der Waals surface area contributed by atoms with E-state index in [1.54, 1.807) is 14.2 Å². The standard InChI is InChI=1S/C21H32N2O4/c1-15-12-22(13-16(2)27-15)14-18-6-5-9-23(18)21(24)11-17-7-8-19(25-3)20(10-17)26-4/h7-8,10,15-16,18H,5-6,9,11-14H2,1-4H3/t15-,16-,18+/m0/s1. The van der Waals surface area contributed by atoms with E-state index in [4.69, 9.17) is 14.2 Å². The highest BCUT2D eigenvalue weighted by molar-refractivity contribution is 5.79. The van der Waals surface area contributed by atoms with Crippen molar-refractivity contribution in [1.29, 1.82) is 0 Å². The normalized spacial score (nSPS) is 26.2. The van der Waals surface area contributed by atoms with Crippen LogP contribution in [0.25, 0.3) is 0 Å². The van der Waals surface area contributed by atoms with Gasteiger partial charge in [0.05, 0.1) is 32.8 Å². The summed E-state index contributed by atoms with van der Waals surface area (Å²) in [6.45, 7) is 7.92. The van der Waals surface area contributed by atoms with E-state index in [9.17, 15) is 4.79 Å². The molecule has 2 fully saturated rings. The average Bonchev–Trinajstić information content (AvgIpc) is 3.08. The minimum Gasteiger partial charge on any atom is -0.493 e. The third-order valence-corrected chi connectivity index (χ3v) is 5.46. The van der Waals surface area contributed by atoms with Gasteiger partial charge in [-0.05, 0) is 44.4 Å². The van der Waals surface area contributed by atoms with Gasteiger partial charge in [0.15, 0.2) is 11.5 Å². The molecule has 2 saturated heterocycles. The van der Waals surface area contributed by atoms with Gasteiger partial charge in [0, 0.05) is 32.2 Å². The lowest BCUT2D eigenvalue weighted by molar-refractivity contribution is -0.132. The summed E-state index contributed by atoms with van der Waals surface area (Å²) in [5.74, 6) is 1.54. The summed E-state index contributed by atoms with van der Waals surface area (Å²) >= 11 is 0. The zero-order valence-corrected chi connectivity index (χ0v) is 16.9. The minimum absolute atomic E-state index is 0.194. The maximum absolute atomic E-state index is 13.0. The number of ether oxygens (including phenoxy) is 3. The Bertz CT molecular complexity index is 641. The van der Waals surface area contributed by atoms with Crippen molar-refractivity contribution in [3.63, 3.8) is 0 Å². The molecule has 0 saturated carbocycles. The number of carbonyl (C=O) groups excluding carboxylic acids is 1. The van der Waals surface area contributed by atoms with Crippen LogP contribution in [-0.4, -0.2) is 74.4 Å². The zero-order valence-electron chi connectivity index (χ0n) is 16.9. The summed E-state index contributed by atoms with van der Waals surface area (Å²) in [4.78, 5) is 17.5. The van der Waals surface area contributed by atoms with Crippen molar-refractivity contribution in [2.45, 2.75) is 51.4 Å². The predicted molar refractivity (Wildman–Crippen MR) is 104 cm³/mol. The first-order valence-corrected chi connectivity index (χ1v) is 9.88. The first-order chi connectivity index (χ1) is 13.0. The Hall–Kier alpha value is -1.79. The fourth-order valence-electron chi connectivity index (χ4n) is 4.35. The van der Waals surface area contributed by atoms with Gasteiger partial charge in [-0.1, -0.05) is 6.07 Å². The van der Waals surface area contributed by atoms with E-state index in [0.29, 0.717) is 24.0 Å². The lowest BCUT2D eigenvalue weighted by Gasteiger charge is -2.38. The van der Waals surface area contributed by atoms with Crippen molar-refractivity contribution < 1.29 is 19.0 Å². The van der Waals surface area contributed by atoms with Crippen molar-refractivity contribution in [3.05, 3.63) is 23.8 Å². The van der Waals surface area contributed by atoms with Gasteiger partial charge in [0.1, 0.15) is 0 Å². The van der Waals surface area contributed by atoms with Gasteiger partial charge in [-0.3, -0.25) is 9.69 Å². The molecule has 0 N–H and O–H groups in total. The van der Waals surface area contributed by atoms with Crippen molar-refractivity contribution >= 4 is 5.91 Å². The van der Waals surface area contributed by atoms with Crippen LogP contribution in [0.15, 0.2) is 18.2 Å². The molecule has 0 spiro atoms. The number of nitrogens with zero attached hydrogens (tertiary/aromatic N) is 2. The fourth-order valence-corrected chi connectivity index (χ4v) is 4.35. The van der Waals surface area contributed by atoms with Gasteiger partial charge >= 0.3 is 0 Å². The molecular formula is C21H32N2O4. The molecule has 2 heterocycles. The summed E-state index contributed by atoms with van der Waals surface area (Å²) in [5, 5.41) is 0. The second-order valence-corrected chi connectivity index (χ2v) is 7.73. The van der Waals surface area contributed by atoms with E-state index in [-0.39, 0.29) is 18.1 Å². The van der Waals surface area contributed by atoms with E-state index in [0.717, 1.165) is 44.6 Å². The first kappa shape index (κ1) is 20.0. The van der Waals surface area contributed by atoms with E-state index >= 15 is 0 Å². The van der Waals surface area contributed by atoms with Crippen LogP contribution in [0.1, 0.15) is 32.3 Å². The summed E-state index contributed by atoms with van der Waals surface area (Å²) in [6, 6.07) is 6.00. The molecule has 27 heavy (non-hydrogen) atoms. The molecule has 0 bridgehead atoms. The molecule has 2 aliphatic rings. The molecule has 0 aliphatic carbocycles. The van der Waals surface area contributed by atoms with Crippen LogP contribution in [-0.2, 0) is 16.0 Å². The number of likely N-dealkylation sites (tertiary alicyclic amines) is 1. The third-order valence-electron chi connectivity index (χ3n) is 5.46. The van der Waals surface area contributed by atoms with Crippen LogP contribution in [0.4, 0.5) is 0 Å². The van der Waals surface area contributed by atoms with Gasteiger partial charge < -0.3 is 19.1 Å². The van der Waals surface area contributed by atoms with Crippen LogP contribution in [0.3, 0.4) is 0 Å². The van der Waals surface area contributed by atoms with E-state index in [1.165, 1.54) is 0 Å². The topological polar surface area (TPSA) is 51.2 Å². The average molecular weight is 376 g/mol. The number of hydrogen-bond donors (Lipinski definition) is 0. The largest absolute Gasteiger partial charge is 0.493 e. The van der Waals surface area contributed by atoms with Crippen LogP contribution in [0.5, 0.6) is 11.5 Å². The zero-order chi connectivity index (χ0) is 19.4. The number of benzene rings is 1. The van der Waals surface area contributed by atoms with E-state index < -0.39 is 0 Å². The summed E-state index contributed by atoms with van der Waals surface area (Å²) < 4.78 is 16.5. The SMILES string of the molecule is COc1ccc(CC(=O)N2CCC[C@@H]2CN2C[C@H](C)O[C@@H](C)C2)cc1OC. The lowest BCUT2D eigenvalue weighted by atomic mass is 10.1. The Labute approximate surface area is 162 Å². The number of morpholine rings is 1. The highest BCUT2D eigenvalue weighted by atomic mass is 16.5. The molecule has 3 rings (SSSR count). The molecule has 6 nitrogen and oxygen atoms in total. The Balaban J connectivity index is 1.62. The molecule has 0 aromatic heterocycles. The van der Waals surface area contributed by atoms with Crippen LogP contribution in [0.2, 0.25) is 0 Å². The molecular weight excluding hydrogens is 344 g/mol. The number of hydrogen-bond acceptors (Lipinski definition) is 5. The predicted octanol–water partition coefficient (Wildman–Crippen LogP) is 2.35. The highest BCUT2D eigenvalue weighted by Crippen LogP contribution is 2.28. The monoisotopic (exact) mass is 376 g/mol.